The second-order valence-electron chi connectivity index (χ2n) is 5.17. The Morgan fingerprint density at radius 1 is 1.17 bits per heavy atom. The van der Waals surface area contributed by atoms with Gasteiger partial charge in [-0.3, -0.25) is 0 Å². The highest BCUT2D eigenvalue weighted by Crippen LogP contribution is 2.26. The molecule has 0 spiro atoms. The second-order valence-corrected chi connectivity index (χ2v) is 6.68. The van der Waals surface area contributed by atoms with Crippen LogP contribution in [0.4, 0.5) is 5.82 Å². The quantitative estimate of drug-likeness (QED) is 0.690. The average molecular weight is 326 g/mol. The third-order valence-corrected chi connectivity index (χ3v) is 4.32. The van der Waals surface area contributed by atoms with Crippen molar-refractivity contribution in [2.24, 2.45) is 0 Å². The molecule has 1 unspecified atom stereocenters. The van der Waals surface area contributed by atoms with E-state index in [1.54, 1.807) is 13.1 Å². The van der Waals surface area contributed by atoms with Crippen molar-refractivity contribution in [1.29, 1.82) is 0 Å². The molecule has 0 aliphatic carbocycles. The number of aromatic nitrogens is 3. The van der Waals surface area contributed by atoms with Crippen LogP contribution in [-0.2, 0) is 0 Å². The summed E-state index contributed by atoms with van der Waals surface area (Å²) in [5.41, 5.74) is 0.824. The van der Waals surface area contributed by atoms with Crippen LogP contribution in [0, 0.1) is 6.92 Å². The van der Waals surface area contributed by atoms with Gasteiger partial charge >= 0.3 is 0 Å². The van der Waals surface area contributed by atoms with Crippen molar-refractivity contribution in [2.45, 2.75) is 24.0 Å². The van der Waals surface area contributed by atoms with Crippen LogP contribution >= 0.6 is 11.8 Å². The lowest BCUT2D eigenvalue weighted by Gasteiger charge is -2.14. The third-order valence-electron chi connectivity index (χ3n) is 3.20. The van der Waals surface area contributed by atoms with Crippen molar-refractivity contribution in [2.75, 3.05) is 11.9 Å². The number of rotatable bonds is 6. The maximum atomic E-state index is 5.25. The number of pyridine rings is 1. The Morgan fingerprint density at radius 3 is 2.74 bits per heavy atom. The van der Waals surface area contributed by atoms with Crippen LogP contribution in [-0.4, -0.2) is 26.9 Å². The van der Waals surface area contributed by atoms with Gasteiger partial charge < -0.3 is 9.84 Å². The molecule has 0 saturated heterocycles. The fraction of sp³-hybridized carbons (Fsp3) is 0.235. The third kappa shape index (κ3) is 4.10. The number of aryl methyl sites for hydroxylation is 1. The van der Waals surface area contributed by atoms with Crippen LogP contribution in [0.25, 0.3) is 11.5 Å². The van der Waals surface area contributed by atoms with Crippen LogP contribution in [0.3, 0.4) is 0 Å². The molecule has 1 aromatic carbocycles. The zero-order valence-electron chi connectivity index (χ0n) is 13.1. The monoisotopic (exact) mass is 326 g/mol. The molecule has 3 aromatic rings. The van der Waals surface area contributed by atoms with Crippen molar-refractivity contribution in [3.63, 3.8) is 0 Å². The lowest BCUT2D eigenvalue weighted by Crippen LogP contribution is -2.14. The number of nitrogens with one attached hydrogen (secondary N) is 1. The Labute approximate surface area is 139 Å². The molecule has 5 nitrogen and oxygen atoms in total. The average Bonchev–Trinajstić information content (AvgIpc) is 3.00. The Kier molecular flexibility index (Phi) is 4.92. The first kappa shape index (κ1) is 15.6. The molecule has 0 amide bonds. The molecule has 0 aliphatic heterocycles. The molecular weight excluding hydrogens is 308 g/mol. The SMILES string of the molecule is Cc1noc(-c2cccnc2NCC(C)Sc2ccccc2)n1. The van der Waals surface area contributed by atoms with Gasteiger partial charge in [-0.05, 0) is 31.2 Å². The molecule has 1 atom stereocenters. The highest BCUT2D eigenvalue weighted by Gasteiger charge is 2.13. The van der Waals surface area contributed by atoms with E-state index in [0.29, 0.717) is 17.0 Å². The lowest BCUT2D eigenvalue weighted by atomic mass is 10.2. The van der Waals surface area contributed by atoms with Crippen LogP contribution < -0.4 is 5.32 Å². The van der Waals surface area contributed by atoms with Gasteiger partial charge in [-0.15, -0.1) is 11.8 Å². The zero-order chi connectivity index (χ0) is 16.1. The smallest absolute Gasteiger partial charge is 0.261 e. The molecule has 0 fully saturated rings. The summed E-state index contributed by atoms with van der Waals surface area (Å²) in [7, 11) is 0. The molecular formula is C17H18N4OS. The van der Waals surface area contributed by atoms with Gasteiger partial charge in [-0.1, -0.05) is 30.3 Å². The van der Waals surface area contributed by atoms with Gasteiger partial charge in [-0.25, -0.2) is 4.98 Å². The summed E-state index contributed by atoms with van der Waals surface area (Å²) in [5.74, 6) is 1.86. The van der Waals surface area contributed by atoms with Gasteiger partial charge in [0.1, 0.15) is 5.82 Å². The maximum Gasteiger partial charge on any atom is 0.261 e. The van der Waals surface area contributed by atoms with Crippen LogP contribution in [0.5, 0.6) is 0 Å². The highest BCUT2D eigenvalue weighted by molar-refractivity contribution is 8.00. The molecule has 0 aliphatic rings. The number of benzene rings is 1. The zero-order valence-corrected chi connectivity index (χ0v) is 13.9. The molecule has 0 saturated carbocycles. The number of nitrogens with zero attached hydrogens (tertiary/aromatic N) is 3. The first-order valence-corrected chi connectivity index (χ1v) is 8.31. The lowest BCUT2D eigenvalue weighted by molar-refractivity contribution is 0.425. The van der Waals surface area contributed by atoms with Crippen molar-refractivity contribution in [3.05, 3.63) is 54.5 Å². The van der Waals surface area contributed by atoms with E-state index in [9.17, 15) is 0 Å². The van der Waals surface area contributed by atoms with E-state index in [1.807, 2.05) is 30.0 Å². The minimum absolute atomic E-state index is 0.400. The molecule has 3 rings (SSSR count). The van der Waals surface area contributed by atoms with E-state index < -0.39 is 0 Å². The number of hydrogen-bond acceptors (Lipinski definition) is 6. The molecule has 1 N–H and O–H groups in total. The molecule has 0 radical (unpaired) electrons. The number of anilines is 1. The van der Waals surface area contributed by atoms with Gasteiger partial charge in [0.15, 0.2) is 5.82 Å². The molecule has 23 heavy (non-hydrogen) atoms. The van der Waals surface area contributed by atoms with Gasteiger partial charge in [0.2, 0.25) is 0 Å². The van der Waals surface area contributed by atoms with E-state index >= 15 is 0 Å². The maximum absolute atomic E-state index is 5.25. The summed E-state index contributed by atoms with van der Waals surface area (Å²) in [5, 5.41) is 7.62. The van der Waals surface area contributed by atoms with Gasteiger partial charge in [0.05, 0.1) is 5.56 Å². The summed E-state index contributed by atoms with van der Waals surface area (Å²) in [6.45, 7) is 4.77. The van der Waals surface area contributed by atoms with Crippen molar-refractivity contribution >= 4 is 17.6 Å². The Hall–Kier alpha value is -2.34. The molecule has 6 heteroatoms. The molecule has 0 bridgehead atoms. The van der Waals surface area contributed by atoms with Crippen molar-refractivity contribution in [3.8, 4) is 11.5 Å². The van der Waals surface area contributed by atoms with Crippen LogP contribution in [0.15, 0.2) is 58.1 Å². The molecule has 2 heterocycles. The van der Waals surface area contributed by atoms with E-state index in [1.165, 1.54) is 4.90 Å². The van der Waals surface area contributed by atoms with Gasteiger partial charge in [0.25, 0.3) is 5.89 Å². The number of thioether (sulfide) groups is 1. The summed E-state index contributed by atoms with van der Waals surface area (Å²) in [6.07, 6.45) is 1.75. The Balaban J connectivity index is 1.66. The summed E-state index contributed by atoms with van der Waals surface area (Å²) >= 11 is 1.83. The standard InChI is InChI=1S/C17H18N4OS/c1-12(23-14-7-4-3-5-8-14)11-19-16-15(9-6-10-18-16)17-20-13(2)21-22-17/h3-10,12H,11H2,1-2H3,(H,18,19). The predicted octanol–water partition coefficient (Wildman–Crippen LogP) is 4.03. The van der Waals surface area contributed by atoms with Gasteiger partial charge in [-0.2, -0.15) is 4.98 Å². The Morgan fingerprint density at radius 2 is 2.00 bits per heavy atom. The van der Waals surface area contributed by atoms with E-state index in [0.717, 1.165) is 17.9 Å². The van der Waals surface area contributed by atoms with Crippen molar-refractivity contribution in [1.82, 2.24) is 15.1 Å². The summed E-state index contributed by atoms with van der Waals surface area (Å²) in [4.78, 5) is 9.93. The van der Waals surface area contributed by atoms with Crippen LogP contribution in [0.2, 0.25) is 0 Å². The summed E-state index contributed by atoms with van der Waals surface area (Å²) < 4.78 is 5.25. The van der Waals surface area contributed by atoms with Gasteiger partial charge in [0, 0.05) is 22.9 Å². The first-order valence-electron chi connectivity index (χ1n) is 7.43. The molecule has 2 aromatic heterocycles. The minimum Gasteiger partial charge on any atom is -0.368 e. The summed E-state index contributed by atoms with van der Waals surface area (Å²) in [6, 6.07) is 14.2. The predicted molar refractivity (Wildman–Crippen MR) is 92.5 cm³/mol. The molecule has 118 valence electrons. The van der Waals surface area contributed by atoms with E-state index in [4.69, 9.17) is 4.52 Å². The van der Waals surface area contributed by atoms with E-state index in [-0.39, 0.29) is 0 Å². The minimum atomic E-state index is 0.400. The second kappa shape index (κ2) is 7.28. The fourth-order valence-electron chi connectivity index (χ4n) is 2.14. The Bertz CT molecular complexity index is 760. The largest absolute Gasteiger partial charge is 0.368 e. The normalized spacial score (nSPS) is 12.1. The van der Waals surface area contributed by atoms with Crippen LogP contribution in [0.1, 0.15) is 12.7 Å². The van der Waals surface area contributed by atoms with E-state index in [2.05, 4.69) is 51.6 Å². The topological polar surface area (TPSA) is 63.8 Å². The first-order chi connectivity index (χ1) is 11.2. The van der Waals surface area contributed by atoms with Crippen molar-refractivity contribution < 1.29 is 4.52 Å². The number of hydrogen-bond donors (Lipinski definition) is 1. The fourth-order valence-corrected chi connectivity index (χ4v) is 3.08. The highest BCUT2D eigenvalue weighted by atomic mass is 32.2.